The first-order valence-corrected chi connectivity index (χ1v) is 9.24. The summed E-state index contributed by atoms with van der Waals surface area (Å²) in [6.07, 6.45) is 0. The third-order valence-electron chi connectivity index (χ3n) is 4.45. The Kier molecular flexibility index (Phi) is 4.53. The van der Waals surface area contributed by atoms with Gasteiger partial charge in [0, 0.05) is 25.7 Å². The van der Waals surface area contributed by atoms with Crippen molar-refractivity contribution in [2.24, 2.45) is 0 Å². The van der Waals surface area contributed by atoms with E-state index in [1.165, 1.54) is 5.56 Å². The zero-order valence-electron chi connectivity index (χ0n) is 13.5. The Morgan fingerprint density at radius 3 is 2.26 bits per heavy atom. The first-order chi connectivity index (χ1) is 11.0. The fourth-order valence-electron chi connectivity index (χ4n) is 2.96. The minimum Gasteiger partial charge on any atom is -0.297 e. The second-order valence-corrected chi connectivity index (χ2v) is 8.02. The van der Waals surface area contributed by atoms with Crippen molar-refractivity contribution in [1.29, 1.82) is 0 Å². The molecule has 1 unspecified atom stereocenters. The molecule has 1 fully saturated rings. The van der Waals surface area contributed by atoms with Crippen LogP contribution in [0.5, 0.6) is 0 Å². The van der Waals surface area contributed by atoms with Crippen LogP contribution in [-0.4, -0.2) is 44.3 Å². The number of likely N-dealkylation sites (N-methyl/N-ethyl adjacent to an activating group) is 1. The van der Waals surface area contributed by atoms with Crippen molar-refractivity contribution in [2.75, 3.05) is 26.7 Å². The molecule has 1 saturated heterocycles. The molecule has 0 saturated carbocycles. The molecule has 1 heterocycles. The lowest BCUT2D eigenvalue weighted by molar-refractivity contribution is 0.148. The summed E-state index contributed by atoms with van der Waals surface area (Å²) in [5, 5.41) is 0. The SMILES string of the molecule is Cc1ccc(C2CN(S(=O)(=O)c3ccccc3)CCN2C)cc1. The van der Waals surface area contributed by atoms with E-state index in [0.717, 1.165) is 12.1 Å². The van der Waals surface area contributed by atoms with Crippen molar-refractivity contribution in [2.45, 2.75) is 17.9 Å². The lowest BCUT2D eigenvalue weighted by atomic mass is 10.0. The van der Waals surface area contributed by atoms with Gasteiger partial charge in [0.1, 0.15) is 0 Å². The highest BCUT2D eigenvalue weighted by Gasteiger charge is 2.33. The van der Waals surface area contributed by atoms with E-state index in [9.17, 15) is 8.42 Å². The Balaban J connectivity index is 1.87. The van der Waals surface area contributed by atoms with E-state index in [1.807, 2.05) is 6.07 Å². The summed E-state index contributed by atoms with van der Waals surface area (Å²) in [4.78, 5) is 2.59. The highest BCUT2D eigenvalue weighted by atomic mass is 32.2. The van der Waals surface area contributed by atoms with E-state index in [4.69, 9.17) is 0 Å². The molecular formula is C18H22N2O2S. The summed E-state index contributed by atoms with van der Waals surface area (Å²) < 4.78 is 27.3. The van der Waals surface area contributed by atoms with Crippen molar-refractivity contribution in [3.63, 3.8) is 0 Å². The predicted molar refractivity (Wildman–Crippen MR) is 91.8 cm³/mol. The summed E-state index contributed by atoms with van der Waals surface area (Å²) in [5.74, 6) is 0. The third-order valence-corrected chi connectivity index (χ3v) is 6.33. The van der Waals surface area contributed by atoms with Crippen molar-refractivity contribution < 1.29 is 8.42 Å². The average Bonchev–Trinajstić information content (AvgIpc) is 2.57. The Hall–Kier alpha value is -1.69. The number of aryl methyl sites for hydroxylation is 1. The molecule has 3 rings (SSSR count). The normalized spacial score (nSPS) is 20.5. The van der Waals surface area contributed by atoms with Crippen LogP contribution in [0.15, 0.2) is 59.5 Å². The Morgan fingerprint density at radius 2 is 1.61 bits per heavy atom. The van der Waals surface area contributed by atoms with E-state index in [-0.39, 0.29) is 6.04 Å². The lowest BCUT2D eigenvalue weighted by Gasteiger charge is -2.39. The predicted octanol–water partition coefficient (Wildman–Crippen LogP) is 2.67. The van der Waals surface area contributed by atoms with Crippen LogP contribution in [0, 0.1) is 6.92 Å². The van der Waals surface area contributed by atoms with Gasteiger partial charge in [0.05, 0.1) is 4.90 Å². The van der Waals surface area contributed by atoms with E-state index < -0.39 is 10.0 Å². The number of sulfonamides is 1. The number of rotatable bonds is 3. The molecule has 1 atom stereocenters. The average molecular weight is 330 g/mol. The molecule has 2 aromatic rings. The molecule has 0 N–H and O–H groups in total. The van der Waals surface area contributed by atoms with Gasteiger partial charge in [-0.1, -0.05) is 48.0 Å². The van der Waals surface area contributed by atoms with E-state index in [1.54, 1.807) is 28.6 Å². The molecule has 0 radical (unpaired) electrons. The van der Waals surface area contributed by atoms with Crippen LogP contribution in [0.1, 0.15) is 17.2 Å². The molecule has 0 amide bonds. The quantitative estimate of drug-likeness (QED) is 0.869. The maximum absolute atomic E-state index is 12.8. The molecule has 2 aromatic carbocycles. The topological polar surface area (TPSA) is 40.6 Å². The molecule has 1 aliphatic rings. The summed E-state index contributed by atoms with van der Waals surface area (Å²) in [5.41, 5.74) is 2.37. The maximum atomic E-state index is 12.8. The van der Waals surface area contributed by atoms with Crippen molar-refractivity contribution in [1.82, 2.24) is 9.21 Å². The van der Waals surface area contributed by atoms with Gasteiger partial charge in [0.15, 0.2) is 0 Å². The van der Waals surface area contributed by atoms with E-state index in [0.29, 0.717) is 18.0 Å². The molecule has 122 valence electrons. The minimum absolute atomic E-state index is 0.0860. The summed E-state index contributed by atoms with van der Waals surface area (Å²) >= 11 is 0. The van der Waals surface area contributed by atoms with Gasteiger partial charge in [-0.25, -0.2) is 8.42 Å². The van der Waals surface area contributed by atoms with Crippen LogP contribution < -0.4 is 0 Å². The zero-order valence-corrected chi connectivity index (χ0v) is 14.3. The molecule has 0 spiro atoms. The van der Waals surface area contributed by atoms with Crippen LogP contribution in [-0.2, 0) is 10.0 Å². The maximum Gasteiger partial charge on any atom is 0.243 e. The van der Waals surface area contributed by atoms with Gasteiger partial charge >= 0.3 is 0 Å². The van der Waals surface area contributed by atoms with Gasteiger partial charge in [-0.05, 0) is 31.7 Å². The molecule has 0 aliphatic carbocycles. The van der Waals surface area contributed by atoms with Gasteiger partial charge in [-0.2, -0.15) is 4.31 Å². The first-order valence-electron chi connectivity index (χ1n) is 7.80. The van der Waals surface area contributed by atoms with Crippen LogP contribution in [0.4, 0.5) is 0 Å². The molecule has 23 heavy (non-hydrogen) atoms. The lowest BCUT2D eigenvalue weighted by Crippen LogP contribution is -2.48. The van der Waals surface area contributed by atoms with Crippen molar-refractivity contribution in [3.8, 4) is 0 Å². The molecular weight excluding hydrogens is 308 g/mol. The van der Waals surface area contributed by atoms with Gasteiger partial charge < -0.3 is 0 Å². The van der Waals surface area contributed by atoms with Gasteiger partial charge in [0.2, 0.25) is 10.0 Å². The molecule has 5 heteroatoms. The largest absolute Gasteiger partial charge is 0.297 e. The Labute approximate surface area is 138 Å². The summed E-state index contributed by atoms with van der Waals surface area (Å²) in [7, 11) is -1.38. The van der Waals surface area contributed by atoms with Crippen LogP contribution >= 0.6 is 0 Å². The number of hydrogen-bond acceptors (Lipinski definition) is 3. The van der Waals surface area contributed by atoms with Gasteiger partial charge in [-0.15, -0.1) is 0 Å². The van der Waals surface area contributed by atoms with Crippen molar-refractivity contribution in [3.05, 3.63) is 65.7 Å². The number of hydrogen-bond donors (Lipinski definition) is 0. The standard InChI is InChI=1S/C18H22N2O2S/c1-15-8-10-16(11-9-15)18-14-20(13-12-19(18)2)23(21,22)17-6-4-3-5-7-17/h3-11,18H,12-14H2,1-2H3. The number of benzene rings is 2. The van der Waals surface area contributed by atoms with Crippen LogP contribution in [0.25, 0.3) is 0 Å². The second kappa shape index (κ2) is 6.43. The molecule has 4 nitrogen and oxygen atoms in total. The number of piperazine rings is 1. The monoisotopic (exact) mass is 330 g/mol. The van der Waals surface area contributed by atoms with E-state index >= 15 is 0 Å². The number of nitrogens with zero attached hydrogens (tertiary/aromatic N) is 2. The zero-order chi connectivity index (χ0) is 16.4. The summed E-state index contributed by atoms with van der Waals surface area (Å²) in [6.45, 7) is 3.79. The van der Waals surface area contributed by atoms with E-state index in [2.05, 4.69) is 43.1 Å². The van der Waals surface area contributed by atoms with Crippen LogP contribution in [0.3, 0.4) is 0 Å². The Bertz CT molecular complexity index is 757. The highest BCUT2D eigenvalue weighted by Crippen LogP contribution is 2.27. The summed E-state index contributed by atoms with van der Waals surface area (Å²) in [6, 6.07) is 17.1. The fourth-order valence-corrected chi connectivity index (χ4v) is 4.42. The highest BCUT2D eigenvalue weighted by molar-refractivity contribution is 7.89. The Morgan fingerprint density at radius 1 is 0.957 bits per heavy atom. The smallest absolute Gasteiger partial charge is 0.243 e. The van der Waals surface area contributed by atoms with Crippen molar-refractivity contribution >= 4 is 10.0 Å². The van der Waals surface area contributed by atoms with Crippen LogP contribution in [0.2, 0.25) is 0 Å². The van der Waals surface area contributed by atoms with Gasteiger partial charge in [0.25, 0.3) is 0 Å². The minimum atomic E-state index is -3.43. The third kappa shape index (κ3) is 3.32. The van der Waals surface area contributed by atoms with Gasteiger partial charge in [-0.3, -0.25) is 4.90 Å². The second-order valence-electron chi connectivity index (χ2n) is 6.08. The molecule has 1 aliphatic heterocycles. The molecule has 0 aromatic heterocycles. The first kappa shape index (κ1) is 16.2. The molecule has 0 bridgehead atoms. The fraction of sp³-hybridized carbons (Fsp3) is 0.333.